The summed E-state index contributed by atoms with van der Waals surface area (Å²) in [4.78, 5) is 12.1. The third-order valence-electron chi connectivity index (χ3n) is 3.04. The maximum absolute atomic E-state index is 12.1. The van der Waals surface area contributed by atoms with Gasteiger partial charge in [-0.25, -0.2) is 0 Å². The zero-order valence-electron chi connectivity index (χ0n) is 12.2. The summed E-state index contributed by atoms with van der Waals surface area (Å²) in [6.45, 7) is 0.371. The van der Waals surface area contributed by atoms with Gasteiger partial charge >= 0.3 is 0 Å². The third kappa shape index (κ3) is 4.07. The first-order chi connectivity index (χ1) is 10.2. The molecular weight excluding hydrogens is 268 g/mol. The highest BCUT2D eigenvalue weighted by Crippen LogP contribution is 2.18. The second kappa shape index (κ2) is 7.45. The van der Waals surface area contributed by atoms with E-state index in [2.05, 4.69) is 0 Å². The molecule has 0 aromatic heterocycles. The number of rotatable bonds is 7. The smallest absolute Gasteiger partial charge is 0.192 e. The Morgan fingerprint density at radius 3 is 2.57 bits per heavy atom. The third-order valence-corrected chi connectivity index (χ3v) is 3.04. The summed E-state index contributed by atoms with van der Waals surface area (Å²) in [5.74, 6) is 1.23. The number of para-hydroxylation sites is 1. The van der Waals surface area contributed by atoms with Crippen LogP contribution in [0.15, 0.2) is 48.5 Å². The summed E-state index contributed by atoms with van der Waals surface area (Å²) >= 11 is 0. The molecule has 0 aliphatic rings. The van der Waals surface area contributed by atoms with E-state index in [-0.39, 0.29) is 12.4 Å². The van der Waals surface area contributed by atoms with Crippen LogP contribution in [-0.2, 0) is 11.3 Å². The lowest BCUT2D eigenvalue weighted by Crippen LogP contribution is -2.10. The van der Waals surface area contributed by atoms with Crippen molar-refractivity contribution in [3.8, 4) is 11.5 Å². The average Bonchev–Trinajstić information content (AvgIpc) is 2.55. The zero-order chi connectivity index (χ0) is 15.1. The molecule has 0 spiro atoms. The van der Waals surface area contributed by atoms with Crippen molar-refractivity contribution in [3.63, 3.8) is 0 Å². The first kappa shape index (κ1) is 15.1. The standard InChI is InChI=1S/C17H18O4/c1-19-14-7-5-6-13(10-14)11-21-12-16(18)15-8-3-4-9-17(15)20-2/h3-10H,11-12H2,1-2H3. The molecule has 0 N–H and O–H groups in total. The molecule has 0 heterocycles. The molecule has 21 heavy (non-hydrogen) atoms. The fourth-order valence-corrected chi connectivity index (χ4v) is 1.98. The number of ketones is 1. The van der Waals surface area contributed by atoms with Crippen molar-refractivity contribution in [2.45, 2.75) is 6.61 Å². The van der Waals surface area contributed by atoms with Gasteiger partial charge in [-0.15, -0.1) is 0 Å². The first-order valence-corrected chi connectivity index (χ1v) is 6.61. The van der Waals surface area contributed by atoms with Crippen molar-refractivity contribution < 1.29 is 19.0 Å². The molecule has 110 valence electrons. The van der Waals surface area contributed by atoms with E-state index in [9.17, 15) is 4.79 Å². The van der Waals surface area contributed by atoms with Crippen molar-refractivity contribution in [2.75, 3.05) is 20.8 Å². The van der Waals surface area contributed by atoms with Crippen molar-refractivity contribution >= 4 is 5.78 Å². The van der Waals surface area contributed by atoms with Crippen LogP contribution in [0.2, 0.25) is 0 Å². The summed E-state index contributed by atoms with van der Waals surface area (Å²) in [5, 5.41) is 0. The highest BCUT2D eigenvalue weighted by Gasteiger charge is 2.11. The molecule has 0 radical (unpaired) electrons. The van der Waals surface area contributed by atoms with Gasteiger partial charge in [0.2, 0.25) is 0 Å². The molecule has 0 saturated carbocycles. The normalized spacial score (nSPS) is 10.2. The van der Waals surface area contributed by atoms with E-state index in [0.29, 0.717) is 17.9 Å². The molecule has 0 saturated heterocycles. The second-order valence-corrected chi connectivity index (χ2v) is 4.47. The quantitative estimate of drug-likeness (QED) is 0.734. The van der Waals surface area contributed by atoms with Gasteiger partial charge in [0.05, 0.1) is 26.4 Å². The van der Waals surface area contributed by atoms with Crippen molar-refractivity contribution in [2.24, 2.45) is 0 Å². The number of hydrogen-bond acceptors (Lipinski definition) is 4. The van der Waals surface area contributed by atoms with Gasteiger partial charge in [0.1, 0.15) is 18.1 Å². The topological polar surface area (TPSA) is 44.8 Å². The number of carbonyl (C=O) groups is 1. The van der Waals surface area contributed by atoms with Crippen LogP contribution in [0.4, 0.5) is 0 Å². The fraction of sp³-hybridized carbons (Fsp3) is 0.235. The van der Waals surface area contributed by atoms with E-state index in [4.69, 9.17) is 14.2 Å². The maximum Gasteiger partial charge on any atom is 0.192 e. The SMILES string of the molecule is COc1cccc(COCC(=O)c2ccccc2OC)c1. The molecule has 2 aromatic carbocycles. The van der Waals surface area contributed by atoms with Crippen LogP contribution in [0.5, 0.6) is 11.5 Å². The Morgan fingerprint density at radius 2 is 1.81 bits per heavy atom. The Kier molecular flexibility index (Phi) is 5.35. The van der Waals surface area contributed by atoms with Crippen LogP contribution in [0.3, 0.4) is 0 Å². The lowest BCUT2D eigenvalue weighted by atomic mass is 10.1. The summed E-state index contributed by atoms with van der Waals surface area (Å²) in [7, 11) is 3.16. The molecule has 0 amide bonds. The molecule has 2 rings (SSSR count). The molecule has 0 unspecified atom stereocenters. The Labute approximate surface area is 124 Å². The monoisotopic (exact) mass is 286 g/mol. The number of hydrogen-bond donors (Lipinski definition) is 0. The number of ether oxygens (including phenoxy) is 3. The van der Waals surface area contributed by atoms with Gasteiger partial charge in [-0.2, -0.15) is 0 Å². The minimum Gasteiger partial charge on any atom is -0.497 e. The van der Waals surface area contributed by atoms with Crippen molar-refractivity contribution in [1.82, 2.24) is 0 Å². The average molecular weight is 286 g/mol. The number of carbonyl (C=O) groups excluding carboxylic acids is 1. The molecule has 0 atom stereocenters. The summed E-state index contributed by atoms with van der Waals surface area (Å²) in [5.41, 5.74) is 1.49. The fourth-order valence-electron chi connectivity index (χ4n) is 1.98. The van der Waals surface area contributed by atoms with Gasteiger partial charge < -0.3 is 14.2 Å². The van der Waals surface area contributed by atoms with Gasteiger partial charge in [0.15, 0.2) is 5.78 Å². The van der Waals surface area contributed by atoms with E-state index >= 15 is 0 Å². The van der Waals surface area contributed by atoms with Crippen LogP contribution in [0, 0.1) is 0 Å². The lowest BCUT2D eigenvalue weighted by Gasteiger charge is -2.08. The predicted octanol–water partition coefficient (Wildman–Crippen LogP) is 3.10. The maximum atomic E-state index is 12.1. The van der Waals surface area contributed by atoms with Crippen LogP contribution in [0.1, 0.15) is 15.9 Å². The van der Waals surface area contributed by atoms with Gasteiger partial charge in [-0.1, -0.05) is 24.3 Å². The van der Waals surface area contributed by atoms with E-state index in [0.717, 1.165) is 11.3 Å². The van der Waals surface area contributed by atoms with E-state index < -0.39 is 0 Å². The predicted molar refractivity (Wildman–Crippen MR) is 80.0 cm³/mol. The molecule has 4 nitrogen and oxygen atoms in total. The molecule has 2 aromatic rings. The van der Waals surface area contributed by atoms with Crippen LogP contribution in [0.25, 0.3) is 0 Å². The molecule has 0 aliphatic carbocycles. The highest BCUT2D eigenvalue weighted by atomic mass is 16.5. The van der Waals surface area contributed by atoms with Crippen LogP contribution >= 0.6 is 0 Å². The highest BCUT2D eigenvalue weighted by molar-refractivity contribution is 5.99. The summed E-state index contributed by atoms with van der Waals surface area (Å²) in [6, 6.07) is 14.7. The van der Waals surface area contributed by atoms with Crippen molar-refractivity contribution in [3.05, 3.63) is 59.7 Å². The molecular formula is C17H18O4. The number of benzene rings is 2. The van der Waals surface area contributed by atoms with Gasteiger partial charge in [-0.05, 0) is 29.8 Å². The lowest BCUT2D eigenvalue weighted by molar-refractivity contribution is 0.0723. The molecule has 0 bridgehead atoms. The number of methoxy groups -OCH3 is 2. The largest absolute Gasteiger partial charge is 0.497 e. The molecule has 4 heteroatoms. The minimum atomic E-state index is -0.102. The van der Waals surface area contributed by atoms with Gasteiger partial charge in [0, 0.05) is 0 Å². The van der Waals surface area contributed by atoms with E-state index in [1.807, 2.05) is 30.3 Å². The van der Waals surface area contributed by atoms with E-state index in [1.165, 1.54) is 0 Å². The van der Waals surface area contributed by atoms with Crippen LogP contribution in [-0.4, -0.2) is 26.6 Å². The molecule has 0 fully saturated rings. The minimum absolute atomic E-state index is 0.0115. The number of Topliss-reactive ketones (excluding diaryl/α,β-unsaturated/α-hetero) is 1. The first-order valence-electron chi connectivity index (χ1n) is 6.61. The van der Waals surface area contributed by atoms with E-state index in [1.54, 1.807) is 32.4 Å². The Hall–Kier alpha value is -2.33. The van der Waals surface area contributed by atoms with Gasteiger partial charge in [-0.3, -0.25) is 4.79 Å². The Balaban J connectivity index is 1.92. The Bertz CT molecular complexity index is 607. The van der Waals surface area contributed by atoms with Crippen molar-refractivity contribution in [1.29, 1.82) is 0 Å². The van der Waals surface area contributed by atoms with Crippen LogP contribution < -0.4 is 9.47 Å². The molecule has 0 aliphatic heterocycles. The second-order valence-electron chi connectivity index (χ2n) is 4.47. The van der Waals surface area contributed by atoms with Gasteiger partial charge in [0.25, 0.3) is 0 Å². The summed E-state index contributed by atoms with van der Waals surface area (Å²) < 4.78 is 15.8. The zero-order valence-corrected chi connectivity index (χ0v) is 12.2. The summed E-state index contributed by atoms with van der Waals surface area (Å²) in [6.07, 6.45) is 0. The Morgan fingerprint density at radius 1 is 1.00 bits per heavy atom.